The largest absolute Gasteiger partial charge is 0.494 e. The van der Waals surface area contributed by atoms with Gasteiger partial charge in [0.15, 0.2) is 16.0 Å². The van der Waals surface area contributed by atoms with Gasteiger partial charge in [-0.25, -0.2) is 17.2 Å². The zero-order chi connectivity index (χ0) is 15.3. The molecule has 20 heavy (non-hydrogen) atoms. The molecule has 0 aliphatic carbocycles. The molecule has 6 heteroatoms. The number of halogens is 2. The lowest BCUT2D eigenvalue weighted by molar-refractivity contribution is 0.259. The minimum absolute atomic E-state index is 0.183. The van der Waals surface area contributed by atoms with E-state index in [1.54, 1.807) is 0 Å². The van der Waals surface area contributed by atoms with Crippen LogP contribution < -0.4 is 4.74 Å². The monoisotopic (exact) mass is 306 g/mol. The Balaban J connectivity index is 3.02. The molecule has 3 nitrogen and oxygen atoms in total. The SMILES string of the molecule is CC(C)CCOc1ccc(S(C)(=O)=O)c(C(F)CF)c1. The Morgan fingerprint density at radius 1 is 1.30 bits per heavy atom. The van der Waals surface area contributed by atoms with Gasteiger partial charge >= 0.3 is 0 Å². The van der Waals surface area contributed by atoms with Crippen molar-refractivity contribution >= 4 is 9.84 Å². The molecule has 114 valence electrons. The number of benzene rings is 1. The van der Waals surface area contributed by atoms with Crippen molar-refractivity contribution in [3.63, 3.8) is 0 Å². The standard InChI is InChI=1S/C14H20F2O3S/c1-10(2)6-7-19-11-4-5-14(20(3,17)18)12(8-11)13(16)9-15/h4-5,8,10,13H,6-7,9H2,1-3H3. The summed E-state index contributed by atoms with van der Waals surface area (Å²) in [6.07, 6.45) is -0.171. The van der Waals surface area contributed by atoms with Gasteiger partial charge in [-0.3, -0.25) is 0 Å². The Labute approximate surface area is 118 Å². The average Bonchev–Trinajstić information content (AvgIpc) is 2.36. The maximum atomic E-state index is 13.6. The van der Waals surface area contributed by atoms with E-state index < -0.39 is 22.7 Å². The molecule has 0 N–H and O–H groups in total. The second kappa shape index (κ2) is 7.02. The predicted octanol–water partition coefficient (Wildman–Crippen LogP) is 3.50. The highest BCUT2D eigenvalue weighted by molar-refractivity contribution is 7.90. The van der Waals surface area contributed by atoms with Crippen LogP contribution in [0.1, 0.15) is 32.0 Å². The molecule has 1 unspecified atom stereocenters. The molecule has 0 aromatic heterocycles. The quantitative estimate of drug-likeness (QED) is 0.774. The molecule has 0 radical (unpaired) electrons. The molecule has 1 atom stereocenters. The maximum absolute atomic E-state index is 13.6. The summed E-state index contributed by atoms with van der Waals surface area (Å²) in [7, 11) is -3.60. The molecule has 1 aromatic carbocycles. The smallest absolute Gasteiger partial charge is 0.175 e. The Morgan fingerprint density at radius 3 is 2.45 bits per heavy atom. The maximum Gasteiger partial charge on any atom is 0.175 e. The summed E-state index contributed by atoms with van der Waals surface area (Å²) in [6, 6.07) is 3.99. The third kappa shape index (κ3) is 4.74. The Morgan fingerprint density at radius 2 is 1.95 bits per heavy atom. The van der Waals surface area contributed by atoms with Gasteiger partial charge in [-0.1, -0.05) is 13.8 Å². The van der Waals surface area contributed by atoms with Crippen molar-refractivity contribution in [1.82, 2.24) is 0 Å². The fourth-order valence-electron chi connectivity index (χ4n) is 1.69. The number of hydrogen-bond donors (Lipinski definition) is 0. The average molecular weight is 306 g/mol. The van der Waals surface area contributed by atoms with Crippen molar-refractivity contribution in [3.8, 4) is 5.75 Å². The van der Waals surface area contributed by atoms with Gasteiger partial charge in [0.05, 0.1) is 11.5 Å². The van der Waals surface area contributed by atoms with Gasteiger partial charge in [0, 0.05) is 11.8 Å². The fraction of sp³-hybridized carbons (Fsp3) is 0.571. The zero-order valence-electron chi connectivity index (χ0n) is 11.9. The van der Waals surface area contributed by atoms with Gasteiger partial charge in [0.1, 0.15) is 12.4 Å². The predicted molar refractivity (Wildman–Crippen MR) is 74.3 cm³/mol. The van der Waals surface area contributed by atoms with Crippen molar-refractivity contribution in [2.45, 2.75) is 31.3 Å². The molecular formula is C14H20F2O3S. The number of ether oxygens (including phenoxy) is 1. The lowest BCUT2D eigenvalue weighted by atomic mass is 10.1. The van der Waals surface area contributed by atoms with Crippen LogP contribution in [-0.2, 0) is 9.84 Å². The lowest BCUT2D eigenvalue weighted by Crippen LogP contribution is -2.07. The normalized spacial score (nSPS) is 13.5. The summed E-state index contributed by atoms with van der Waals surface area (Å²) in [5.74, 6) is 0.814. The van der Waals surface area contributed by atoms with Crippen LogP contribution in [0, 0.1) is 5.92 Å². The van der Waals surface area contributed by atoms with Gasteiger partial charge in [0.25, 0.3) is 0 Å². The topological polar surface area (TPSA) is 43.4 Å². The second-order valence-corrected chi connectivity index (χ2v) is 7.11. The first-order chi connectivity index (χ1) is 9.25. The highest BCUT2D eigenvalue weighted by atomic mass is 32.2. The van der Waals surface area contributed by atoms with Gasteiger partial charge in [-0.2, -0.15) is 0 Å². The van der Waals surface area contributed by atoms with Gasteiger partial charge in [-0.15, -0.1) is 0 Å². The number of hydrogen-bond acceptors (Lipinski definition) is 3. The zero-order valence-corrected chi connectivity index (χ0v) is 12.7. The van der Waals surface area contributed by atoms with Crippen LogP contribution in [0.3, 0.4) is 0 Å². The number of sulfone groups is 1. The Hall–Kier alpha value is -1.17. The van der Waals surface area contributed by atoms with E-state index in [1.807, 2.05) is 13.8 Å². The summed E-state index contributed by atoms with van der Waals surface area (Å²) >= 11 is 0. The molecule has 0 aliphatic heterocycles. The van der Waals surface area contributed by atoms with E-state index in [0.717, 1.165) is 12.7 Å². The summed E-state index contributed by atoms with van der Waals surface area (Å²) in [6.45, 7) is 3.27. The van der Waals surface area contributed by atoms with E-state index in [9.17, 15) is 17.2 Å². The molecule has 0 amide bonds. The molecule has 0 aliphatic rings. The van der Waals surface area contributed by atoms with E-state index in [1.165, 1.54) is 18.2 Å². The van der Waals surface area contributed by atoms with Crippen LogP contribution >= 0.6 is 0 Å². The van der Waals surface area contributed by atoms with Crippen LogP contribution in [0.25, 0.3) is 0 Å². The van der Waals surface area contributed by atoms with E-state index in [0.29, 0.717) is 18.3 Å². The lowest BCUT2D eigenvalue weighted by Gasteiger charge is -2.13. The fourth-order valence-corrected chi connectivity index (χ4v) is 2.62. The third-order valence-corrected chi connectivity index (χ3v) is 3.99. The first kappa shape index (κ1) is 16.9. The van der Waals surface area contributed by atoms with Gasteiger partial charge in [0.2, 0.25) is 0 Å². The molecule has 0 saturated carbocycles. The molecule has 1 rings (SSSR count). The third-order valence-electron chi connectivity index (χ3n) is 2.82. The van der Waals surface area contributed by atoms with Crippen molar-refractivity contribution in [3.05, 3.63) is 23.8 Å². The molecule has 1 aromatic rings. The minimum Gasteiger partial charge on any atom is -0.494 e. The highest BCUT2D eigenvalue weighted by Crippen LogP contribution is 2.29. The molecule has 0 fully saturated rings. The number of rotatable bonds is 7. The summed E-state index contributed by atoms with van der Waals surface area (Å²) in [4.78, 5) is -0.196. The number of alkyl halides is 2. The molecule has 0 saturated heterocycles. The van der Waals surface area contributed by atoms with Crippen LogP contribution in [0.5, 0.6) is 5.75 Å². The Kier molecular flexibility index (Phi) is 5.92. The minimum atomic E-state index is -3.60. The van der Waals surface area contributed by atoms with E-state index in [2.05, 4.69) is 0 Å². The van der Waals surface area contributed by atoms with Crippen LogP contribution in [0.4, 0.5) is 8.78 Å². The van der Waals surface area contributed by atoms with Crippen molar-refractivity contribution in [1.29, 1.82) is 0 Å². The molecule has 0 heterocycles. The van der Waals surface area contributed by atoms with Crippen LogP contribution in [0.15, 0.2) is 23.1 Å². The van der Waals surface area contributed by atoms with Gasteiger partial charge in [-0.05, 0) is 30.5 Å². The van der Waals surface area contributed by atoms with Crippen LogP contribution in [0.2, 0.25) is 0 Å². The van der Waals surface area contributed by atoms with Gasteiger partial charge < -0.3 is 4.74 Å². The van der Waals surface area contributed by atoms with Crippen molar-refractivity contribution in [2.75, 3.05) is 19.5 Å². The van der Waals surface area contributed by atoms with E-state index in [-0.39, 0.29) is 10.5 Å². The van der Waals surface area contributed by atoms with Crippen molar-refractivity contribution in [2.24, 2.45) is 5.92 Å². The molecule has 0 bridgehead atoms. The molecule has 0 spiro atoms. The second-order valence-electron chi connectivity index (χ2n) is 5.12. The highest BCUT2D eigenvalue weighted by Gasteiger charge is 2.21. The summed E-state index contributed by atoms with van der Waals surface area (Å²) in [5, 5.41) is 0. The summed E-state index contributed by atoms with van der Waals surface area (Å²) < 4.78 is 54.7. The molecular weight excluding hydrogens is 286 g/mol. The van der Waals surface area contributed by atoms with Crippen molar-refractivity contribution < 1.29 is 21.9 Å². The first-order valence-corrected chi connectivity index (χ1v) is 8.31. The Bertz CT molecular complexity index is 541. The van der Waals surface area contributed by atoms with E-state index >= 15 is 0 Å². The van der Waals surface area contributed by atoms with E-state index in [4.69, 9.17) is 4.74 Å². The summed E-state index contributed by atoms with van der Waals surface area (Å²) in [5.41, 5.74) is -0.183. The van der Waals surface area contributed by atoms with Crippen LogP contribution in [-0.4, -0.2) is 28.0 Å². The first-order valence-electron chi connectivity index (χ1n) is 6.42.